The van der Waals surface area contributed by atoms with Gasteiger partial charge in [-0.25, -0.2) is 0 Å². The van der Waals surface area contributed by atoms with Crippen molar-refractivity contribution in [3.05, 3.63) is 42.5 Å². The first-order valence-electron chi connectivity index (χ1n) is 6.73. The number of benzene rings is 1. The predicted molar refractivity (Wildman–Crippen MR) is 84.3 cm³/mol. The fourth-order valence-electron chi connectivity index (χ4n) is 2.44. The van der Waals surface area contributed by atoms with Crippen LogP contribution in [0.4, 0.5) is 5.69 Å². The van der Waals surface area contributed by atoms with Crippen LogP contribution >= 0.6 is 0 Å². The Hall–Kier alpha value is -1.74. The predicted octanol–water partition coefficient (Wildman–Crippen LogP) is 2.27. The summed E-state index contributed by atoms with van der Waals surface area (Å²) in [5.41, 5.74) is 4.63. The number of piperazine rings is 1. The average molecular weight is 257 g/mol. The highest BCUT2D eigenvalue weighted by Gasteiger charge is 2.16. The van der Waals surface area contributed by atoms with E-state index in [-0.39, 0.29) is 0 Å². The number of rotatable bonds is 4. The summed E-state index contributed by atoms with van der Waals surface area (Å²) in [4.78, 5) is 4.46. The van der Waals surface area contributed by atoms with Gasteiger partial charge in [-0.1, -0.05) is 31.4 Å². The Morgan fingerprint density at radius 3 is 2.58 bits per heavy atom. The minimum atomic E-state index is 1.02. The van der Waals surface area contributed by atoms with E-state index in [0.717, 1.165) is 37.4 Å². The maximum Gasteiger partial charge on any atom is 0.0447 e. The van der Waals surface area contributed by atoms with Crippen LogP contribution in [0.1, 0.15) is 11.1 Å². The third-order valence-corrected chi connectivity index (χ3v) is 3.60. The van der Waals surface area contributed by atoms with E-state index in [2.05, 4.69) is 41.6 Å². The van der Waals surface area contributed by atoms with Gasteiger partial charge in [-0.05, 0) is 6.07 Å². The lowest BCUT2D eigenvalue weighted by Gasteiger charge is -2.32. The number of hydrogen-bond acceptors (Lipinski definition) is 3. The molecule has 19 heavy (non-hydrogen) atoms. The van der Waals surface area contributed by atoms with Gasteiger partial charge in [0.05, 0.1) is 0 Å². The zero-order valence-corrected chi connectivity index (χ0v) is 11.9. The molecule has 1 aliphatic heterocycles. The summed E-state index contributed by atoms with van der Waals surface area (Å²) >= 11 is 0. The van der Waals surface area contributed by atoms with Crippen LogP contribution < -0.4 is 10.2 Å². The standard InChI is InChI=1S/C16H23N3/c1-5-14-15(13(2)18(3)4)7-6-8-16(14)19-11-9-17-10-12-19/h5-8,17H,1-2,9-12H2,3-4H3. The van der Waals surface area contributed by atoms with Crippen LogP contribution in [0.25, 0.3) is 11.8 Å². The Kier molecular flexibility index (Phi) is 4.27. The van der Waals surface area contributed by atoms with E-state index in [9.17, 15) is 0 Å². The monoisotopic (exact) mass is 257 g/mol. The summed E-state index contributed by atoms with van der Waals surface area (Å²) in [6.07, 6.45) is 1.95. The van der Waals surface area contributed by atoms with E-state index in [1.807, 2.05) is 25.1 Å². The molecule has 0 atom stereocenters. The van der Waals surface area contributed by atoms with Gasteiger partial charge < -0.3 is 15.1 Å². The van der Waals surface area contributed by atoms with Gasteiger partial charge in [-0.3, -0.25) is 0 Å². The second kappa shape index (κ2) is 5.93. The molecule has 0 aromatic heterocycles. The second-order valence-electron chi connectivity index (χ2n) is 5.02. The molecule has 0 bridgehead atoms. The minimum absolute atomic E-state index is 1.02. The van der Waals surface area contributed by atoms with Crippen molar-refractivity contribution >= 4 is 17.5 Å². The molecule has 0 aliphatic carbocycles. The van der Waals surface area contributed by atoms with Crippen LogP contribution in [0.15, 0.2) is 31.4 Å². The molecule has 3 nitrogen and oxygen atoms in total. The highest BCUT2D eigenvalue weighted by atomic mass is 15.2. The second-order valence-corrected chi connectivity index (χ2v) is 5.02. The first kappa shape index (κ1) is 13.7. The van der Waals surface area contributed by atoms with E-state index in [0.29, 0.717) is 0 Å². The smallest absolute Gasteiger partial charge is 0.0447 e. The van der Waals surface area contributed by atoms with Crippen molar-refractivity contribution in [2.24, 2.45) is 0 Å². The van der Waals surface area contributed by atoms with E-state index in [1.54, 1.807) is 0 Å². The van der Waals surface area contributed by atoms with Crippen molar-refractivity contribution in [2.75, 3.05) is 45.2 Å². The van der Waals surface area contributed by atoms with Gasteiger partial charge in [0.1, 0.15) is 0 Å². The quantitative estimate of drug-likeness (QED) is 0.892. The molecule has 102 valence electrons. The zero-order chi connectivity index (χ0) is 13.8. The van der Waals surface area contributed by atoms with Gasteiger partial charge in [0, 0.05) is 62.8 Å². The number of nitrogens with one attached hydrogen (secondary N) is 1. The van der Waals surface area contributed by atoms with Crippen molar-refractivity contribution in [3.8, 4) is 0 Å². The number of anilines is 1. The topological polar surface area (TPSA) is 18.5 Å². The molecule has 1 aromatic rings. The summed E-state index contributed by atoms with van der Waals surface area (Å²) in [5, 5.41) is 3.38. The molecule has 0 saturated carbocycles. The van der Waals surface area contributed by atoms with Gasteiger partial charge >= 0.3 is 0 Å². The van der Waals surface area contributed by atoms with Crippen molar-refractivity contribution in [2.45, 2.75) is 0 Å². The average Bonchev–Trinajstić information content (AvgIpc) is 2.46. The molecule has 3 heteroatoms. The van der Waals surface area contributed by atoms with E-state index < -0.39 is 0 Å². The van der Waals surface area contributed by atoms with Gasteiger partial charge in [-0.15, -0.1) is 0 Å². The fourth-order valence-corrected chi connectivity index (χ4v) is 2.44. The van der Waals surface area contributed by atoms with Crippen molar-refractivity contribution in [1.29, 1.82) is 0 Å². The first-order valence-corrected chi connectivity index (χ1v) is 6.73. The maximum atomic E-state index is 4.17. The van der Waals surface area contributed by atoms with Crippen molar-refractivity contribution < 1.29 is 0 Å². The van der Waals surface area contributed by atoms with Gasteiger partial charge in [-0.2, -0.15) is 0 Å². The van der Waals surface area contributed by atoms with Crippen LogP contribution in [0.2, 0.25) is 0 Å². The largest absolute Gasteiger partial charge is 0.378 e. The van der Waals surface area contributed by atoms with E-state index in [1.165, 1.54) is 11.3 Å². The molecule has 0 unspecified atom stereocenters. The Balaban J connectivity index is 2.41. The van der Waals surface area contributed by atoms with E-state index >= 15 is 0 Å². The molecule has 1 aromatic carbocycles. The van der Waals surface area contributed by atoms with Gasteiger partial charge in [0.2, 0.25) is 0 Å². The molecule has 1 N–H and O–H groups in total. The summed E-state index contributed by atoms with van der Waals surface area (Å²) < 4.78 is 0. The lowest BCUT2D eigenvalue weighted by atomic mass is 10.0. The summed E-state index contributed by atoms with van der Waals surface area (Å²) in [5.74, 6) is 0. The Bertz CT molecular complexity index is 471. The molecule has 1 fully saturated rings. The van der Waals surface area contributed by atoms with Crippen LogP contribution in [0.5, 0.6) is 0 Å². The third kappa shape index (κ3) is 2.82. The minimum Gasteiger partial charge on any atom is -0.378 e. The SMILES string of the molecule is C=Cc1c(C(=C)N(C)C)cccc1N1CCNCC1. The highest BCUT2D eigenvalue weighted by molar-refractivity contribution is 5.79. The Labute approximate surface area is 116 Å². The van der Waals surface area contributed by atoms with Crippen LogP contribution in [0, 0.1) is 0 Å². The molecular formula is C16H23N3. The maximum absolute atomic E-state index is 4.17. The number of hydrogen-bond donors (Lipinski definition) is 1. The van der Waals surface area contributed by atoms with Crippen molar-refractivity contribution in [3.63, 3.8) is 0 Å². The first-order chi connectivity index (χ1) is 9.15. The Morgan fingerprint density at radius 2 is 2.00 bits per heavy atom. The summed E-state index contributed by atoms with van der Waals surface area (Å²) in [6, 6.07) is 6.40. The normalized spacial score (nSPS) is 15.2. The zero-order valence-electron chi connectivity index (χ0n) is 11.9. The molecular weight excluding hydrogens is 234 g/mol. The molecule has 0 radical (unpaired) electrons. The van der Waals surface area contributed by atoms with Crippen molar-refractivity contribution in [1.82, 2.24) is 10.2 Å². The Morgan fingerprint density at radius 1 is 1.32 bits per heavy atom. The van der Waals surface area contributed by atoms with Gasteiger partial charge in [0.15, 0.2) is 0 Å². The van der Waals surface area contributed by atoms with Crippen LogP contribution in [-0.4, -0.2) is 45.2 Å². The van der Waals surface area contributed by atoms with Crippen LogP contribution in [0.3, 0.4) is 0 Å². The molecule has 1 heterocycles. The van der Waals surface area contributed by atoms with Crippen LogP contribution in [-0.2, 0) is 0 Å². The molecule has 0 amide bonds. The van der Waals surface area contributed by atoms with Gasteiger partial charge in [0.25, 0.3) is 0 Å². The summed E-state index contributed by atoms with van der Waals surface area (Å²) in [7, 11) is 4.04. The molecule has 1 saturated heterocycles. The highest BCUT2D eigenvalue weighted by Crippen LogP contribution is 2.30. The molecule has 0 spiro atoms. The summed E-state index contributed by atoms with van der Waals surface area (Å²) in [6.45, 7) is 12.3. The fraction of sp³-hybridized carbons (Fsp3) is 0.375. The van der Waals surface area contributed by atoms with E-state index in [4.69, 9.17) is 0 Å². The molecule has 1 aliphatic rings. The number of nitrogens with zero attached hydrogens (tertiary/aromatic N) is 2. The molecule has 2 rings (SSSR count). The lowest BCUT2D eigenvalue weighted by Crippen LogP contribution is -2.43. The third-order valence-electron chi connectivity index (χ3n) is 3.60. The lowest BCUT2D eigenvalue weighted by molar-refractivity contribution is 0.587.